The van der Waals surface area contributed by atoms with Crippen LogP contribution in [-0.2, 0) is 16.0 Å². The Morgan fingerprint density at radius 2 is 1.72 bits per heavy atom. The average Bonchev–Trinajstić information content (AvgIpc) is 2.30. The van der Waals surface area contributed by atoms with Gasteiger partial charge in [0, 0.05) is 5.02 Å². The van der Waals surface area contributed by atoms with Gasteiger partial charge in [0.15, 0.2) is 0 Å². The van der Waals surface area contributed by atoms with Gasteiger partial charge >= 0.3 is 11.9 Å². The van der Waals surface area contributed by atoms with Gasteiger partial charge in [0.2, 0.25) is 0 Å². The van der Waals surface area contributed by atoms with Gasteiger partial charge in [-0.3, -0.25) is 9.59 Å². The summed E-state index contributed by atoms with van der Waals surface area (Å²) in [6.07, 6.45) is 0.126. The van der Waals surface area contributed by atoms with Gasteiger partial charge in [-0.25, -0.2) is 0 Å². The largest absolute Gasteiger partial charge is 0.481 e. The molecule has 5 nitrogen and oxygen atoms in total. The van der Waals surface area contributed by atoms with Crippen molar-refractivity contribution in [1.29, 1.82) is 0 Å². The summed E-state index contributed by atoms with van der Waals surface area (Å²) in [5, 5.41) is 18.3. The lowest BCUT2D eigenvalue weighted by atomic mass is 9.93. The molecule has 0 radical (unpaired) electrons. The number of nitrogens with two attached hydrogens (primary N) is 1. The smallest absolute Gasteiger partial charge is 0.320 e. The van der Waals surface area contributed by atoms with E-state index in [9.17, 15) is 9.59 Å². The minimum atomic E-state index is -1.20. The summed E-state index contributed by atoms with van der Waals surface area (Å²) in [4.78, 5) is 21.7. The summed E-state index contributed by atoms with van der Waals surface area (Å²) < 4.78 is 0. The fourth-order valence-corrected chi connectivity index (χ4v) is 1.71. The first-order valence-corrected chi connectivity index (χ1v) is 5.73. The number of rotatable bonds is 6. The Labute approximate surface area is 109 Å². The van der Waals surface area contributed by atoms with E-state index in [1.165, 1.54) is 0 Å². The fourth-order valence-electron chi connectivity index (χ4n) is 1.58. The van der Waals surface area contributed by atoms with Crippen molar-refractivity contribution in [3.63, 3.8) is 0 Å². The highest BCUT2D eigenvalue weighted by molar-refractivity contribution is 6.30. The van der Waals surface area contributed by atoms with Crippen LogP contribution in [0.15, 0.2) is 24.3 Å². The highest BCUT2D eigenvalue weighted by Gasteiger charge is 2.24. The second-order valence-corrected chi connectivity index (χ2v) is 4.48. The van der Waals surface area contributed by atoms with Gasteiger partial charge in [0.1, 0.15) is 6.04 Å². The molecule has 6 heteroatoms. The van der Waals surface area contributed by atoms with E-state index in [2.05, 4.69) is 0 Å². The number of halogens is 1. The molecule has 1 aromatic rings. The third-order valence-electron chi connectivity index (χ3n) is 2.60. The Morgan fingerprint density at radius 1 is 1.17 bits per heavy atom. The van der Waals surface area contributed by atoms with Crippen molar-refractivity contribution in [1.82, 2.24) is 0 Å². The molecule has 0 heterocycles. The van der Waals surface area contributed by atoms with Gasteiger partial charge in [-0.05, 0) is 30.5 Å². The third kappa shape index (κ3) is 4.35. The maximum absolute atomic E-state index is 11.1. The van der Waals surface area contributed by atoms with E-state index in [1.807, 2.05) is 0 Å². The molecule has 18 heavy (non-hydrogen) atoms. The molecule has 0 bridgehead atoms. The Kier molecular flexibility index (Phi) is 5.12. The van der Waals surface area contributed by atoms with Crippen LogP contribution in [0.1, 0.15) is 12.0 Å². The lowest BCUT2D eigenvalue weighted by Crippen LogP contribution is -2.35. The van der Waals surface area contributed by atoms with Crippen molar-refractivity contribution >= 4 is 23.5 Å². The number of benzene rings is 1. The molecule has 0 saturated carbocycles. The van der Waals surface area contributed by atoms with E-state index in [0.29, 0.717) is 5.02 Å². The standard InChI is InChI=1S/C12H14ClNO4/c13-9-3-1-7(2-4-9)5-8(11(15)16)6-10(14)12(17)18/h1-4,8,10H,5-6,14H2,(H,15,16)(H,17,18)/t8-,10+/m1/s1. The van der Waals surface area contributed by atoms with Crippen LogP contribution in [0.2, 0.25) is 5.02 Å². The zero-order valence-electron chi connectivity index (χ0n) is 9.54. The van der Waals surface area contributed by atoms with E-state index in [-0.39, 0.29) is 12.8 Å². The average molecular weight is 272 g/mol. The molecule has 0 aliphatic heterocycles. The van der Waals surface area contributed by atoms with Gasteiger partial charge in [0.05, 0.1) is 5.92 Å². The molecule has 0 aliphatic carbocycles. The summed E-state index contributed by atoms with van der Waals surface area (Å²) >= 11 is 5.72. The lowest BCUT2D eigenvalue weighted by Gasteiger charge is -2.14. The number of carbonyl (C=O) groups is 2. The summed E-state index contributed by atoms with van der Waals surface area (Å²) in [5.74, 6) is -3.07. The Morgan fingerprint density at radius 3 is 2.17 bits per heavy atom. The zero-order valence-corrected chi connectivity index (χ0v) is 10.3. The maximum Gasteiger partial charge on any atom is 0.320 e. The van der Waals surface area contributed by atoms with Crippen molar-refractivity contribution in [2.75, 3.05) is 0 Å². The summed E-state index contributed by atoms with van der Waals surface area (Å²) in [5.41, 5.74) is 6.13. The first-order chi connectivity index (χ1) is 8.40. The lowest BCUT2D eigenvalue weighted by molar-refractivity contribution is -0.143. The monoisotopic (exact) mass is 271 g/mol. The van der Waals surface area contributed by atoms with Gasteiger partial charge < -0.3 is 15.9 Å². The van der Waals surface area contributed by atoms with Crippen LogP contribution in [0.3, 0.4) is 0 Å². The van der Waals surface area contributed by atoms with E-state index in [1.54, 1.807) is 24.3 Å². The van der Waals surface area contributed by atoms with E-state index in [4.69, 9.17) is 27.5 Å². The SMILES string of the molecule is N[C@@H](C[C@@H](Cc1ccc(Cl)cc1)C(=O)O)C(=O)O. The van der Waals surface area contributed by atoms with E-state index < -0.39 is 23.9 Å². The quantitative estimate of drug-likeness (QED) is 0.726. The first-order valence-electron chi connectivity index (χ1n) is 5.35. The Bertz CT molecular complexity index is 432. The molecule has 0 amide bonds. The fraction of sp³-hybridized carbons (Fsp3) is 0.333. The van der Waals surface area contributed by atoms with Crippen LogP contribution in [0.4, 0.5) is 0 Å². The second-order valence-electron chi connectivity index (χ2n) is 4.05. The molecule has 98 valence electrons. The van der Waals surface area contributed by atoms with Crippen molar-refractivity contribution < 1.29 is 19.8 Å². The molecule has 2 atom stereocenters. The molecule has 0 unspecified atom stereocenters. The Hall–Kier alpha value is -1.59. The van der Waals surface area contributed by atoms with Gasteiger partial charge in [-0.1, -0.05) is 23.7 Å². The first kappa shape index (κ1) is 14.5. The number of hydrogen-bond donors (Lipinski definition) is 3. The molecule has 0 fully saturated rings. The van der Waals surface area contributed by atoms with E-state index >= 15 is 0 Å². The van der Waals surface area contributed by atoms with Crippen molar-refractivity contribution in [2.24, 2.45) is 11.7 Å². The van der Waals surface area contributed by atoms with Crippen molar-refractivity contribution in [3.8, 4) is 0 Å². The molecule has 1 rings (SSSR count). The topological polar surface area (TPSA) is 101 Å². The second kappa shape index (κ2) is 6.37. The number of aliphatic carboxylic acids is 2. The number of hydrogen-bond acceptors (Lipinski definition) is 3. The van der Waals surface area contributed by atoms with Crippen LogP contribution >= 0.6 is 11.6 Å². The van der Waals surface area contributed by atoms with Crippen LogP contribution in [0.5, 0.6) is 0 Å². The normalized spacial score (nSPS) is 13.9. The van der Waals surface area contributed by atoms with E-state index in [0.717, 1.165) is 5.56 Å². The summed E-state index contributed by atoms with van der Waals surface area (Å²) in [6.45, 7) is 0. The van der Waals surface area contributed by atoms with Gasteiger partial charge in [0.25, 0.3) is 0 Å². The summed E-state index contributed by atoms with van der Waals surface area (Å²) in [7, 11) is 0. The molecule has 0 saturated heterocycles. The van der Waals surface area contributed by atoms with Gasteiger partial charge in [-0.15, -0.1) is 0 Å². The third-order valence-corrected chi connectivity index (χ3v) is 2.85. The van der Waals surface area contributed by atoms with Crippen LogP contribution in [-0.4, -0.2) is 28.2 Å². The Balaban J connectivity index is 2.71. The predicted molar refractivity (Wildman–Crippen MR) is 66.5 cm³/mol. The maximum atomic E-state index is 11.1. The molecule has 0 aromatic heterocycles. The van der Waals surface area contributed by atoms with Crippen molar-refractivity contribution in [3.05, 3.63) is 34.9 Å². The molecule has 1 aromatic carbocycles. The minimum Gasteiger partial charge on any atom is -0.481 e. The van der Waals surface area contributed by atoms with Crippen LogP contribution in [0.25, 0.3) is 0 Å². The molecular formula is C12H14ClNO4. The highest BCUT2D eigenvalue weighted by atomic mass is 35.5. The van der Waals surface area contributed by atoms with Crippen LogP contribution in [0, 0.1) is 5.92 Å². The molecule has 4 N–H and O–H groups in total. The predicted octanol–water partition coefficient (Wildman–Crippen LogP) is 1.39. The number of carboxylic acid groups (broad SMARTS) is 2. The van der Waals surface area contributed by atoms with Gasteiger partial charge in [-0.2, -0.15) is 0 Å². The minimum absolute atomic E-state index is 0.104. The number of carboxylic acids is 2. The molecule has 0 spiro atoms. The highest BCUT2D eigenvalue weighted by Crippen LogP contribution is 2.17. The molecular weight excluding hydrogens is 258 g/mol. The molecule has 0 aliphatic rings. The van der Waals surface area contributed by atoms with Crippen molar-refractivity contribution in [2.45, 2.75) is 18.9 Å². The zero-order chi connectivity index (χ0) is 13.7. The van der Waals surface area contributed by atoms with Crippen LogP contribution < -0.4 is 5.73 Å². The summed E-state index contributed by atoms with van der Waals surface area (Å²) in [6, 6.07) is 5.58.